The van der Waals surface area contributed by atoms with Crippen molar-refractivity contribution in [2.75, 3.05) is 5.32 Å². The minimum absolute atomic E-state index is 0.0171. The lowest BCUT2D eigenvalue weighted by molar-refractivity contribution is 0.102. The molecule has 0 fully saturated rings. The van der Waals surface area contributed by atoms with Crippen molar-refractivity contribution in [1.29, 1.82) is 0 Å². The second kappa shape index (κ2) is 6.64. The summed E-state index contributed by atoms with van der Waals surface area (Å²) >= 11 is 5.24. The van der Waals surface area contributed by atoms with Gasteiger partial charge in [-0.3, -0.25) is 4.79 Å². The molecule has 1 N–H and O–H groups in total. The first-order valence-electron chi connectivity index (χ1n) is 8.42. The van der Waals surface area contributed by atoms with Crippen molar-refractivity contribution in [3.8, 4) is 0 Å². The number of anilines is 1. The molecular formula is C20H24BrNOS. The number of carbonyl (C=O) groups excluding carboxylic acids is 1. The summed E-state index contributed by atoms with van der Waals surface area (Å²) in [6, 6.07) is 5.90. The van der Waals surface area contributed by atoms with E-state index in [9.17, 15) is 4.79 Å². The van der Waals surface area contributed by atoms with Gasteiger partial charge >= 0.3 is 0 Å². The van der Waals surface area contributed by atoms with Crippen LogP contribution in [0.5, 0.6) is 0 Å². The van der Waals surface area contributed by atoms with Gasteiger partial charge in [0.1, 0.15) is 0 Å². The van der Waals surface area contributed by atoms with E-state index < -0.39 is 0 Å². The largest absolute Gasteiger partial charge is 0.322 e. The summed E-state index contributed by atoms with van der Waals surface area (Å²) < 4.78 is 1.06. The summed E-state index contributed by atoms with van der Waals surface area (Å²) in [5.41, 5.74) is 4.44. The number of benzene rings is 1. The van der Waals surface area contributed by atoms with E-state index in [0.717, 1.165) is 34.1 Å². The van der Waals surface area contributed by atoms with Crippen LogP contribution in [0.2, 0.25) is 0 Å². The average Bonchev–Trinajstić information content (AvgIpc) is 2.93. The van der Waals surface area contributed by atoms with Gasteiger partial charge in [0.2, 0.25) is 0 Å². The van der Waals surface area contributed by atoms with Crippen molar-refractivity contribution < 1.29 is 4.79 Å². The number of aryl methyl sites for hydroxylation is 1. The van der Waals surface area contributed by atoms with Crippen LogP contribution in [0.25, 0.3) is 0 Å². The molecule has 1 aliphatic carbocycles. The second-order valence-corrected chi connectivity index (χ2v) is 9.59. The Morgan fingerprint density at radius 1 is 1.33 bits per heavy atom. The summed E-state index contributed by atoms with van der Waals surface area (Å²) in [5.74, 6) is 0.720. The van der Waals surface area contributed by atoms with E-state index in [2.05, 4.69) is 42.0 Å². The number of halogens is 1. The zero-order valence-electron chi connectivity index (χ0n) is 14.7. The molecule has 1 heterocycles. The lowest BCUT2D eigenvalue weighted by Gasteiger charge is -2.34. The lowest BCUT2D eigenvalue weighted by atomic mass is 9.72. The fraction of sp³-hybridized carbons (Fsp3) is 0.450. The highest BCUT2D eigenvalue weighted by atomic mass is 79.9. The van der Waals surface area contributed by atoms with Crippen LogP contribution in [0.3, 0.4) is 0 Å². The summed E-state index contributed by atoms with van der Waals surface area (Å²) in [6.45, 7) is 8.98. The van der Waals surface area contributed by atoms with Gasteiger partial charge in [0, 0.05) is 20.4 Å². The van der Waals surface area contributed by atoms with Crippen LogP contribution in [-0.4, -0.2) is 5.91 Å². The number of thiophene rings is 1. The molecule has 0 saturated heterocycles. The number of hydrogen-bond donors (Lipinski definition) is 1. The third-order valence-electron chi connectivity index (χ3n) is 5.04. The zero-order chi connectivity index (χ0) is 17.5. The van der Waals surface area contributed by atoms with Crippen molar-refractivity contribution in [2.24, 2.45) is 11.3 Å². The molecule has 0 bridgehead atoms. The maximum absolute atomic E-state index is 12.7. The van der Waals surface area contributed by atoms with Crippen LogP contribution in [0.1, 0.15) is 53.6 Å². The number of nitrogens with one attached hydrogen (secondary N) is 1. The highest BCUT2D eigenvalue weighted by Gasteiger charge is 2.31. The number of hydrogen-bond acceptors (Lipinski definition) is 2. The third kappa shape index (κ3) is 3.60. The molecule has 1 unspecified atom stereocenters. The monoisotopic (exact) mass is 405 g/mol. The number of rotatable bonds is 2. The van der Waals surface area contributed by atoms with Crippen LogP contribution in [0.4, 0.5) is 5.69 Å². The quantitative estimate of drug-likeness (QED) is 0.630. The molecule has 0 radical (unpaired) electrons. The minimum atomic E-state index is 0.0171. The fourth-order valence-corrected chi connectivity index (χ4v) is 4.77. The predicted octanol–water partition coefficient (Wildman–Crippen LogP) is 6.22. The van der Waals surface area contributed by atoms with Gasteiger partial charge in [-0.1, -0.05) is 36.7 Å². The van der Waals surface area contributed by atoms with Gasteiger partial charge in [-0.2, -0.15) is 0 Å². The minimum Gasteiger partial charge on any atom is -0.322 e. The molecule has 0 aliphatic heterocycles. The molecule has 3 rings (SSSR count). The van der Waals surface area contributed by atoms with Crippen molar-refractivity contribution in [2.45, 2.75) is 47.0 Å². The number of carbonyl (C=O) groups is 1. The summed E-state index contributed by atoms with van der Waals surface area (Å²) in [7, 11) is 0. The highest BCUT2D eigenvalue weighted by Crippen LogP contribution is 2.40. The van der Waals surface area contributed by atoms with Gasteiger partial charge in [0.05, 0.1) is 5.56 Å². The summed E-state index contributed by atoms with van der Waals surface area (Å²) in [6.07, 6.45) is 3.29. The van der Waals surface area contributed by atoms with E-state index in [4.69, 9.17) is 0 Å². The standard InChI is InChI=1S/C20H24BrNOS/c1-12-9-14(6-8-17(12)21)22-19(23)16-11-24-18-10-13(20(2,3)4)5-7-15(16)18/h6,8-9,11,13H,5,7,10H2,1-4H3,(H,22,23). The third-order valence-corrected chi connectivity index (χ3v) is 6.98. The van der Waals surface area contributed by atoms with E-state index in [1.807, 2.05) is 30.5 Å². The number of amides is 1. The molecule has 24 heavy (non-hydrogen) atoms. The summed E-state index contributed by atoms with van der Waals surface area (Å²) in [4.78, 5) is 14.1. The van der Waals surface area contributed by atoms with Gasteiger partial charge in [0.25, 0.3) is 5.91 Å². The predicted molar refractivity (Wildman–Crippen MR) is 106 cm³/mol. The van der Waals surface area contributed by atoms with E-state index in [-0.39, 0.29) is 5.91 Å². The molecule has 1 aromatic carbocycles. The Balaban J connectivity index is 1.78. The molecule has 1 amide bonds. The first kappa shape index (κ1) is 17.7. The maximum atomic E-state index is 12.7. The van der Waals surface area contributed by atoms with Gasteiger partial charge in [-0.25, -0.2) is 0 Å². The molecule has 1 aromatic heterocycles. The Hall–Kier alpha value is -1.13. The van der Waals surface area contributed by atoms with Crippen LogP contribution >= 0.6 is 27.3 Å². The Bertz CT molecular complexity index is 772. The normalized spacial score (nSPS) is 17.5. The topological polar surface area (TPSA) is 29.1 Å². The van der Waals surface area contributed by atoms with E-state index in [1.54, 1.807) is 11.3 Å². The van der Waals surface area contributed by atoms with Gasteiger partial charge < -0.3 is 5.32 Å². The van der Waals surface area contributed by atoms with Crippen molar-refractivity contribution in [3.63, 3.8) is 0 Å². The summed E-state index contributed by atoms with van der Waals surface area (Å²) in [5, 5.41) is 5.09. The lowest BCUT2D eigenvalue weighted by Crippen LogP contribution is -2.27. The molecule has 2 nitrogen and oxygen atoms in total. The molecule has 0 saturated carbocycles. The van der Waals surface area contributed by atoms with E-state index in [1.165, 1.54) is 16.9 Å². The van der Waals surface area contributed by atoms with Crippen LogP contribution in [-0.2, 0) is 12.8 Å². The Morgan fingerprint density at radius 3 is 2.75 bits per heavy atom. The Morgan fingerprint density at radius 2 is 2.08 bits per heavy atom. The van der Waals surface area contributed by atoms with Crippen molar-refractivity contribution >= 4 is 38.9 Å². The zero-order valence-corrected chi connectivity index (χ0v) is 17.1. The van der Waals surface area contributed by atoms with Gasteiger partial charge in [0.15, 0.2) is 0 Å². The first-order valence-corrected chi connectivity index (χ1v) is 10.1. The Labute approximate surface area is 156 Å². The average molecular weight is 406 g/mol. The number of fused-ring (bicyclic) bond motifs is 1. The highest BCUT2D eigenvalue weighted by molar-refractivity contribution is 9.10. The van der Waals surface area contributed by atoms with Crippen molar-refractivity contribution in [3.05, 3.63) is 49.6 Å². The molecule has 1 atom stereocenters. The second-order valence-electron chi connectivity index (χ2n) is 7.77. The smallest absolute Gasteiger partial charge is 0.256 e. The van der Waals surface area contributed by atoms with Gasteiger partial charge in [-0.05, 0) is 66.8 Å². The molecule has 128 valence electrons. The van der Waals surface area contributed by atoms with Crippen LogP contribution in [0, 0.1) is 18.3 Å². The molecule has 2 aromatic rings. The van der Waals surface area contributed by atoms with E-state index >= 15 is 0 Å². The van der Waals surface area contributed by atoms with E-state index in [0.29, 0.717) is 11.3 Å². The fourth-order valence-electron chi connectivity index (χ4n) is 3.36. The van der Waals surface area contributed by atoms with Gasteiger partial charge in [-0.15, -0.1) is 11.3 Å². The van der Waals surface area contributed by atoms with Crippen LogP contribution in [0.15, 0.2) is 28.1 Å². The Kier molecular flexibility index (Phi) is 4.89. The molecule has 4 heteroatoms. The van der Waals surface area contributed by atoms with Crippen molar-refractivity contribution in [1.82, 2.24) is 0 Å². The molecular weight excluding hydrogens is 382 g/mol. The maximum Gasteiger partial charge on any atom is 0.256 e. The molecule has 1 aliphatic rings. The molecule has 0 spiro atoms. The van der Waals surface area contributed by atoms with Crippen LogP contribution < -0.4 is 5.32 Å². The SMILES string of the molecule is Cc1cc(NC(=O)c2csc3c2CCC(C(C)(C)C)C3)ccc1Br. The first-order chi connectivity index (χ1) is 11.3.